The summed E-state index contributed by atoms with van der Waals surface area (Å²) in [7, 11) is 0. The average Bonchev–Trinajstić information content (AvgIpc) is 3.74. The molecule has 0 spiro atoms. The summed E-state index contributed by atoms with van der Waals surface area (Å²) in [6, 6.07) is 70.3. The predicted molar refractivity (Wildman–Crippen MR) is 219 cm³/mol. The van der Waals surface area contributed by atoms with Crippen LogP contribution in [0, 0.1) is 0 Å². The highest BCUT2D eigenvalue weighted by Gasteiger charge is 2.16. The zero-order valence-corrected chi connectivity index (χ0v) is 28.6. The predicted octanol–water partition coefficient (Wildman–Crippen LogP) is 14.0. The molecule has 2 nitrogen and oxygen atoms in total. The van der Waals surface area contributed by atoms with E-state index < -0.39 is 0 Å². The van der Waals surface area contributed by atoms with Crippen LogP contribution in [0.5, 0.6) is 0 Å². The van der Waals surface area contributed by atoms with Crippen LogP contribution in [0.4, 0.5) is 17.1 Å². The van der Waals surface area contributed by atoms with Crippen molar-refractivity contribution in [3.8, 4) is 27.9 Å². The maximum absolute atomic E-state index is 2.37. The second-order valence-electron chi connectivity index (χ2n) is 13.0. The number of para-hydroxylation sites is 3. The lowest BCUT2D eigenvalue weighted by Crippen LogP contribution is -2.10. The van der Waals surface area contributed by atoms with E-state index in [1.807, 2.05) is 11.3 Å². The van der Waals surface area contributed by atoms with Gasteiger partial charge in [-0.1, -0.05) is 115 Å². The second kappa shape index (κ2) is 12.2. The lowest BCUT2D eigenvalue weighted by molar-refractivity contribution is 1.17. The highest BCUT2D eigenvalue weighted by atomic mass is 32.1. The second-order valence-corrected chi connectivity index (χ2v) is 14.1. The molecule has 2 aromatic heterocycles. The molecule has 0 aliphatic rings. The molecule has 0 fully saturated rings. The molecule has 10 rings (SSSR count). The minimum atomic E-state index is 1.11. The van der Waals surface area contributed by atoms with Gasteiger partial charge in [0.15, 0.2) is 0 Å². The van der Waals surface area contributed by atoms with Crippen molar-refractivity contribution in [1.82, 2.24) is 4.57 Å². The summed E-state index contributed by atoms with van der Waals surface area (Å²) in [5, 5.41) is 5.20. The van der Waals surface area contributed by atoms with Gasteiger partial charge in [-0.2, -0.15) is 0 Å². The van der Waals surface area contributed by atoms with Crippen molar-refractivity contribution < 1.29 is 0 Å². The molecule has 0 aliphatic heterocycles. The van der Waals surface area contributed by atoms with E-state index in [1.54, 1.807) is 0 Å². The maximum Gasteiger partial charge on any atom is 0.0541 e. The number of hydrogen-bond acceptors (Lipinski definition) is 2. The molecule has 0 amide bonds. The van der Waals surface area contributed by atoms with Crippen LogP contribution in [0.1, 0.15) is 0 Å². The normalized spacial score (nSPS) is 11.5. The monoisotopic (exact) mass is 668 g/mol. The van der Waals surface area contributed by atoms with Crippen molar-refractivity contribution in [2.75, 3.05) is 4.90 Å². The van der Waals surface area contributed by atoms with E-state index in [0.717, 1.165) is 22.7 Å². The van der Waals surface area contributed by atoms with Crippen molar-refractivity contribution in [3.63, 3.8) is 0 Å². The van der Waals surface area contributed by atoms with Crippen molar-refractivity contribution in [2.24, 2.45) is 0 Å². The first-order valence-corrected chi connectivity index (χ1v) is 18.2. The van der Waals surface area contributed by atoms with E-state index in [9.17, 15) is 0 Å². The van der Waals surface area contributed by atoms with Crippen LogP contribution >= 0.6 is 11.3 Å². The number of rotatable bonds is 6. The Bertz CT molecular complexity index is 2790. The van der Waals surface area contributed by atoms with Crippen LogP contribution in [0.3, 0.4) is 0 Å². The fraction of sp³-hybridized carbons (Fsp3) is 0. The molecule has 240 valence electrons. The average molecular weight is 669 g/mol. The SMILES string of the molecule is c1ccc(N(c2ccc(-n3c4ccccc4c4ccccc43)cc2)c2cccc(-c3ccc(-c4ccc5sc6ccccc6c5c4)cc3)c2)cc1. The Hall–Kier alpha value is -6.42. The molecule has 10 aromatic rings. The molecular weight excluding hydrogens is 637 g/mol. The molecule has 0 saturated carbocycles. The molecule has 0 N–H and O–H groups in total. The largest absolute Gasteiger partial charge is 0.310 e. The minimum Gasteiger partial charge on any atom is -0.310 e. The molecule has 0 aliphatic carbocycles. The third kappa shape index (κ3) is 5.10. The Balaban J connectivity index is 1.00. The number of nitrogens with zero attached hydrogens (tertiary/aromatic N) is 2. The van der Waals surface area contributed by atoms with Crippen molar-refractivity contribution in [2.45, 2.75) is 0 Å². The van der Waals surface area contributed by atoms with E-state index >= 15 is 0 Å². The first kappa shape index (κ1) is 29.5. The first-order chi connectivity index (χ1) is 25.3. The number of hydrogen-bond donors (Lipinski definition) is 0. The van der Waals surface area contributed by atoms with Crippen molar-refractivity contribution in [1.29, 1.82) is 0 Å². The molecule has 8 aromatic carbocycles. The maximum atomic E-state index is 2.37. The quantitative estimate of drug-likeness (QED) is 0.171. The smallest absolute Gasteiger partial charge is 0.0541 e. The molecule has 51 heavy (non-hydrogen) atoms. The van der Waals surface area contributed by atoms with E-state index in [2.05, 4.69) is 204 Å². The van der Waals surface area contributed by atoms with Crippen LogP contribution < -0.4 is 4.90 Å². The van der Waals surface area contributed by atoms with Gasteiger partial charge in [0.05, 0.1) is 11.0 Å². The lowest BCUT2D eigenvalue weighted by atomic mass is 9.98. The highest BCUT2D eigenvalue weighted by molar-refractivity contribution is 7.25. The summed E-state index contributed by atoms with van der Waals surface area (Å²) in [4.78, 5) is 2.34. The van der Waals surface area contributed by atoms with Gasteiger partial charge in [-0.05, 0) is 101 Å². The van der Waals surface area contributed by atoms with Gasteiger partial charge in [-0.25, -0.2) is 0 Å². The summed E-state index contributed by atoms with van der Waals surface area (Å²) in [5.74, 6) is 0. The summed E-state index contributed by atoms with van der Waals surface area (Å²) in [6.45, 7) is 0. The highest BCUT2D eigenvalue weighted by Crippen LogP contribution is 2.40. The fourth-order valence-corrected chi connectivity index (χ4v) is 8.65. The minimum absolute atomic E-state index is 1.11. The van der Waals surface area contributed by atoms with Gasteiger partial charge in [-0.3, -0.25) is 0 Å². The van der Waals surface area contributed by atoms with Gasteiger partial charge >= 0.3 is 0 Å². The molecule has 3 heteroatoms. The lowest BCUT2D eigenvalue weighted by Gasteiger charge is -2.26. The molecule has 0 bridgehead atoms. The van der Waals surface area contributed by atoms with E-state index in [1.165, 1.54) is 64.2 Å². The zero-order valence-electron chi connectivity index (χ0n) is 27.8. The Morgan fingerprint density at radius 3 is 1.57 bits per heavy atom. The summed E-state index contributed by atoms with van der Waals surface area (Å²) in [5.41, 5.74) is 11.7. The van der Waals surface area contributed by atoms with Crippen molar-refractivity contribution in [3.05, 3.63) is 194 Å². The van der Waals surface area contributed by atoms with Crippen molar-refractivity contribution >= 4 is 70.4 Å². The summed E-state index contributed by atoms with van der Waals surface area (Å²) >= 11 is 1.86. The number of benzene rings is 8. The van der Waals surface area contributed by atoms with E-state index in [-0.39, 0.29) is 0 Å². The van der Waals surface area contributed by atoms with Gasteiger partial charge < -0.3 is 9.47 Å². The number of thiophene rings is 1. The number of anilines is 3. The third-order valence-corrected chi connectivity index (χ3v) is 11.1. The molecule has 2 heterocycles. The Morgan fingerprint density at radius 2 is 0.863 bits per heavy atom. The van der Waals surface area contributed by atoms with E-state index in [0.29, 0.717) is 0 Å². The van der Waals surface area contributed by atoms with Gasteiger partial charge in [0, 0.05) is 53.7 Å². The molecule has 0 radical (unpaired) electrons. The molecule has 0 unspecified atom stereocenters. The number of fused-ring (bicyclic) bond motifs is 6. The van der Waals surface area contributed by atoms with Crippen LogP contribution in [-0.2, 0) is 0 Å². The molecule has 0 atom stereocenters. The third-order valence-electron chi connectivity index (χ3n) is 9.99. The van der Waals surface area contributed by atoms with Gasteiger partial charge in [0.1, 0.15) is 0 Å². The summed E-state index contributed by atoms with van der Waals surface area (Å²) in [6.07, 6.45) is 0. The standard InChI is InChI=1S/C48H32N2S/c1-2-12-37(13-3-1)49(38-26-28-39(29-27-38)50-45-18-7-4-15-41(45)42-16-5-8-19-46(42)50)40-14-10-11-35(31-40)33-21-23-34(24-22-33)36-25-30-48-44(32-36)43-17-6-9-20-47(43)51-48/h1-32H. The molecular formula is C48H32N2S. The van der Waals surface area contributed by atoms with Crippen LogP contribution in [-0.4, -0.2) is 4.57 Å². The Morgan fingerprint density at radius 1 is 0.333 bits per heavy atom. The Kier molecular flexibility index (Phi) is 7.04. The number of aromatic nitrogens is 1. The topological polar surface area (TPSA) is 8.17 Å². The first-order valence-electron chi connectivity index (χ1n) is 17.3. The zero-order chi connectivity index (χ0) is 33.7. The van der Waals surface area contributed by atoms with Gasteiger partial charge in [0.25, 0.3) is 0 Å². The van der Waals surface area contributed by atoms with Crippen LogP contribution in [0.15, 0.2) is 194 Å². The van der Waals surface area contributed by atoms with E-state index in [4.69, 9.17) is 0 Å². The fourth-order valence-electron chi connectivity index (χ4n) is 7.56. The summed E-state index contributed by atoms with van der Waals surface area (Å²) < 4.78 is 5.04. The van der Waals surface area contributed by atoms with Gasteiger partial charge in [-0.15, -0.1) is 11.3 Å². The van der Waals surface area contributed by atoms with Crippen LogP contribution in [0.25, 0.3) is 69.9 Å². The Labute approximate surface area is 300 Å². The van der Waals surface area contributed by atoms with Gasteiger partial charge in [0.2, 0.25) is 0 Å². The molecule has 0 saturated heterocycles. The van der Waals surface area contributed by atoms with Crippen LogP contribution in [0.2, 0.25) is 0 Å².